The van der Waals surface area contributed by atoms with Crippen molar-refractivity contribution in [3.63, 3.8) is 0 Å². The maximum atomic E-state index is 6.07. The van der Waals surface area contributed by atoms with Gasteiger partial charge in [0.2, 0.25) is 5.28 Å². The van der Waals surface area contributed by atoms with Crippen LogP contribution in [-0.2, 0) is 6.54 Å². The van der Waals surface area contributed by atoms with E-state index in [-0.39, 0.29) is 5.28 Å². The summed E-state index contributed by atoms with van der Waals surface area (Å²) in [6.07, 6.45) is 3.60. The third-order valence-electron chi connectivity index (χ3n) is 3.36. The Hall–Kier alpha value is -2.20. The number of rotatable bonds is 4. The predicted octanol–water partition coefficient (Wildman–Crippen LogP) is 3.70. The summed E-state index contributed by atoms with van der Waals surface area (Å²) in [4.78, 5) is 14.9. The van der Waals surface area contributed by atoms with Gasteiger partial charge in [-0.2, -0.15) is 4.98 Å². The van der Waals surface area contributed by atoms with Crippen LogP contribution >= 0.6 is 11.6 Å². The molecule has 2 aromatic heterocycles. The van der Waals surface area contributed by atoms with Crippen LogP contribution in [0.3, 0.4) is 0 Å². The minimum Gasteiger partial charge on any atom is -0.352 e. The third-order valence-corrected chi connectivity index (χ3v) is 3.53. The second kappa shape index (κ2) is 6.06. The first-order chi connectivity index (χ1) is 10.3. The number of fused-ring (bicyclic) bond motifs is 1. The van der Waals surface area contributed by atoms with Crippen LogP contribution < -0.4 is 4.90 Å². The van der Waals surface area contributed by atoms with Gasteiger partial charge >= 0.3 is 0 Å². The fourth-order valence-electron chi connectivity index (χ4n) is 2.32. The van der Waals surface area contributed by atoms with Gasteiger partial charge in [-0.3, -0.25) is 4.98 Å². The van der Waals surface area contributed by atoms with Gasteiger partial charge in [0.15, 0.2) is 0 Å². The minimum atomic E-state index is 0.275. The number of aromatic nitrogens is 3. The summed E-state index contributed by atoms with van der Waals surface area (Å²) in [5.74, 6) is 0.866. The van der Waals surface area contributed by atoms with Gasteiger partial charge in [-0.1, -0.05) is 12.1 Å². The lowest BCUT2D eigenvalue weighted by Crippen LogP contribution is -2.23. The van der Waals surface area contributed by atoms with Gasteiger partial charge in [0.05, 0.1) is 5.52 Å². The van der Waals surface area contributed by atoms with Crippen molar-refractivity contribution in [1.29, 1.82) is 0 Å². The Morgan fingerprint density at radius 1 is 1.05 bits per heavy atom. The van der Waals surface area contributed by atoms with Gasteiger partial charge in [-0.15, -0.1) is 0 Å². The quantitative estimate of drug-likeness (QED) is 0.689. The van der Waals surface area contributed by atoms with Crippen LogP contribution in [0.5, 0.6) is 0 Å². The van der Waals surface area contributed by atoms with Crippen LogP contribution in [-0.4, -0.2) is 21.5 Å². The summed E-state index contributed by atoms with van der Waals surface area (Å²) in [6.45, 7) is 3.70. The predicted molar refractivity (Wildman–Crippen MR) is 85.5 cm³/mol. The first kappa shape index (κ1) is 13.8. The molecule has 0 saturated carbocycles. The highest BCUT2D eigenvalue weighted by atomic mass is 35.5. The maximum Gasteiger partial charge on any atom is 0.224 e. The highest BCUT2D eigenvalue weighted by Crippen LogP contribution is 2.26. The van der Waals surface area contributed by atoms with E-state index in [2.05, 4.69) is 26.8 Å². The van der Waals surface area contributed by atoms with E-state index in [4.69, 9.17) is 11.6 Å². The molecule has 0 radical (unpaired) electrons. The summed E-state index contributed by atoms with van der Waals surface area (Å²) < 4.78 is 0. The summed E-state index contributed by atoms with van der Waals surface area (Å²) >= 11 is 6.07. The minimum absolute atomic E-state index is 0.275. The topological polar surface area (TPSA) is 41.9 Å². The zero-order valence-corrected chi connectivity index (χ0v) is 12.5. The average Bonchev–Trinajstić information content (AvgIpc) is 2.53. The molecular formula is C16H15ClN4. The monoisotopic (exact) mass is 298 g/mol. The van der Waals surface area contributed by atoms with Gasteiger partial charge in [0.25, 0.3) is 0 Å². The zero-order chi connectivity index (χ0) is 14.7. The lowest BCUT2D eigenvalue weighted by Gasteiger charge is -2.23. The number of pyridine rings is 1. The van der Waals surface area contributed by atoms with Crippen LogP contribution in [0.15, 0.2) is 48.8 Å². The number of hydrogen-bond acceptors (Lipinski definition) is 4. The van der Waals surface area contributed by atoms with E-state index in [1.165, 1.54) is 5.56 Å². The molecule has 3 rings (SSSR count). The van der Waals surface area contributed by atoms with Crippen LogP contribution in [0.2, 0.25) is 5.28 Å². The summed E-state index contributed by atoms with van der Waals surface area (Å²) in [6, 6.07) is 11.9. The molecule has 0 saturated heterocycles. The summed E-state index contributed by atoms with van der Waals surface area (Å²) in [5, 5.41) is 1.29. The maximum absolute atomic E-state index is 6.07. The summed E-state index contributed by atoms with van der Waals surface area (Å²) in [5.41, 5.74) is 2.05. The van der Waals surface area contributed by atoms with Crippen molar-refractivity contribution >= 4 is 28.3 Å². The zero-order valence-electron chi connectivity index (χ0n) is 11.7. The molecule has 2 heterocycles. The molecule has 0 spiro atoms. The molecule has 0 N–H and O–H groups in total. The first-order valence-corrected chi connectivity index (χ1v) is 7.22. The van der Waals surface area contributed by atoms with Crippen molar-refractivity contribution in [2.75, 3.05) is 11.4 Å². The van der Waals surface area contributed by atoms with Crippen molar-refractivity contribution in [2.24, 2.45) is 0 Å². The summed E-state index contributed by atoms with van der Waals surface area (Å²) in [7, 11) is 0. The molecule has 106 valence electrons. The van der Waals surface area contributed by atoms with E-state index in [1.54, 1.807) is 12.4 Å². The number of hydrogen-bond donors (Lipinski definition) is 0. The van der Waals surface area contributed by atoms with Crippen LogP contribution in [0.1, 0.15) is 12.5 Å². The number of halogens is 1. The molecule has 0 fully saturated rings. The van der Waals surface area contributed by atoms with Crippen molar-refractivity contribution in [3.8, 4) is 0 Å². The molecule has 1 aromatic carbocycles. The molecule has 0 bridgehead atoms. The van der Waals surface area contributed by atoms with E-state index in [1.807, 2.05) is 36.4 Å². The molecular weight excluding hydrogens is 284 g/mol. The molecule has 3 aromatic rings. The van der Waals surface area contributed by atoms with Crippen LogP contribution in [0.25, 0.3) is 10.9 Å². The average molecular weight is 299 g/mol. The van der Waals surface area contributed by atoms with Crippen molar-refractivity contribution in [3.05, 3.63) is 59.6 Å². The second-order valence-electron chi connectivity index (χ2n) is 4.70. The van der Waals surface area contributed by atoms with Gasteiger partial charge in [0, 0.05) is 30.9 Å². The van der Waals surface area contributed by atoms with E-state index in [0.29, 0.717) is 0 Å². The number of anilines is 1. The molecule has 0 aliphatic carbocycles. The van der Waals surface area contributed by atoms with Gasteiger partial charge in [-0.25, -0.2) is 4.98 Å². The molecule has 21 heavy (non-hydrogen) atoms. The fraction of sp³-hybridized carbons (Fsp3) is 0.188. The Morgan fingerprint density at radius 3 is 2.57 bits per heavy atom. The van der Waals surface area contributed by atoms with Crippen LogP contribution in [0.4, 0.5) is 5.82 Å². The smallest absolute Gasteiger partial charge is 0.224 e. The molecule has 0 amide bonds. The molecule has 0 unspecified atom stereocenters. The van der Waals surface area contributed by atoms with E-state index in [0.717, 1.165) is 29.8 Å². The second-order valence-corrected chi connectivity index (χ2v) is 5.04. The van der Waals surface area contributed by atoms with E-state index < -0.39 is 0 Å². The molecule has 0 aliphatic heterocycles. The third kappa shape index (κ3) is 2.95. The Morgan fingerprint density at radius 2 is 1.81 bits per heavy atom. The number of nitrogens with zero attached hydrogens (tertiary/aromatic N) is 4. The number of para-hydroxylation sites is 1. The molecule has 4 nitrogen and oxygen atoms in total. The SMILES string of the molecule is CCN(Cc1ccncc1)c1nc(Cl)nc2ccccc12. The Labute approximate surface area is 128 Å². The standard InChI is InChI=1S/C16H15ClN4/c1-2-21(11-12-7-9-18-10-8-12)15-13-5-3-4-6-14(13)19-16(17)20-15/h3-10H,2,11H2,1H3. The normalized spacial score (nSPS) is 10.8. The largest absolute Gasteiger partial charge is 0.352 e. The first-order valence-electron chi connectivity index (χ1n) is 6.84. The Kier molecular flexibility index (Phi) is 3.97. The van der Waals surface area contributed by atoms with Crippen molar-refractivity contribution in [1.82, 2.24) is 15.0 Å². The Balaban J connectivity index is 2.04. The fourth-order valence-corrected chi connectivity index (χ4v) is 2.49. The van der Waals surface area contributed by atoms with Crippen LogP contribution in [0, 0.1) is 0 Å². The van der Waals surface area contributed by atoms with Crippen molar-refractivity contribution in [2.45, 2.75) is 13.5 Å². The molecule has 5 heteroatoms. The molecule has 0 aliphatic rings. The highest BCUT2D eigenvalue weighted by molar-refractivity contribution is 6.28. The van der Waals surface area contributed by atoms with Crippen molar-refractivity contribution < 1.29 is 0 Å². The van der Waals surface area contributed by atoms with Gasteiger partial charge in [-0.05, 0) is 48.4 Å². The molecule has 0 atom stereocenters. The van der Waals surface area contributed by atoms with E-state index >= 15 is 0 Å². The van der Waals surface area contributed by atoms with Gasteiger partial charge < -0.3 is 4.90 Å². The van der Waals surface area contributed by atoms with Gasteiger partial charge in [0.1, 0.15) is 5.82 Å². The number of benzene rings is 1. The Bertz CT molecular complexity index is 746. The highest BCUT2D eigenvalue weighted by Gasteiger charge is 2.13. The van der Waals surface area contributed by atoms with E-state index in [9.17, 15) is 0 Å². The lowest BCUT2D eigenvalue weighted by atomic mass is 10.2. The lowest BCUT2D eigenvalue weighted by molar-refractivity contribution is 0.815.